The van der Waals surface area contributed by atoms with E-state index in [9.17, 15) is 9.59 Å². The quantitative estimate of drug-likeness (QED) is 0.789. The molecule has 0 bridgehead atoms. The molecule has 2 amide bonds. The van der Waals surface area contributed by atoms with Crippen LogP contribution in [0, 0.1) is 11.8 Å². The molecule has 1 atom stereocenters. The fourth-order valence-electron chi connectivity index (χ4n) is 2.02. The highest BCUT2D eigenvalue weighted by molar-refractivity contribution is 9.10. The Balaban J connectivity index is 2.15. The van der Waals surface area contributed by atoms with Crippen molar-refractivity contribution in [3.63, 3.8) is 0 Å². The predicted octanol–water partition coefficient (Wildman–Crippen LogP) is 2.49. The van der Waals surface area contributed by atoms with E-state index in [2.05, 4.69) is 34.8 Å². The summed E-state index contributed by atoms with van der Waals surface area (Å²) in [6, 6.07) is 3.38. The molecule has 4 nitrogen and oxygen atoms in total. The summed E-state index contributed by atoms with van der Waals surface area (Å²) in [4.78, 5) is 29.4. The molecule has 96 valence electrons. The normalized spacial score (nSPS) is 19.7. The van der Waals surface area contributed by atoms with Crippen molar-refractivity contribution in [2.45, 2.75) is 20.3 Å². The average molecular weight is 311 g/mol. The first-order chi connectivity index (χ1) is 8.49. The van der Waals surface area contributed by atoms with Crippen LogP contribution in [0.4, 0.5) is 0 Å². The highest BCUT2D eigenvalue weighted by Gasteiger charge is 2.35. The molecule has 2 rings (SSSR count). The van der Waals surface area contributed by atoms with E-state index in [0.29, 0.717) is 24.6 Å². The van der Waals surface area contributed by atoms with Gasteiger partial charge in [-0.15, -0.1) is 0 Å². The van der Waals surface area contributed by atoms with Crippen LogP contribution in [-0.4, -0.2) is 28.2 Å². The summed E-state index contributed by atoms with van der Waals surface area (Å²) in [5.74, 6) is 0.278. The van der Waals surface area contributed by atoms with E-state index in [1.54, 1.807) is 18.3 Å². The number of amides is 2. The largest absolute Gasteiger partial charge is 0.279 e. The van der Waals surface area contributed by atoms with E-state index in [-0.39, 0.29) is 17.7 Å². The lowest BCUT2D eigenvalue weighted by Gasteiger charge is -2.16. The first-order valence-electron chi connectivity index (χ1n) is 5.95. The fourth-order valence-corrected chi connectivity index (χ4v) is 2.25. The second-order valence-electron chi connectivity index (χ2n) is 4.88. The first kappa shape index (κ1) is 13.2. The van der Waals surface area contributed by atoms with E-state index in [1.165, 1.54) is 4.90 Å². The average Bonchev–Trinajstić information content (AvgIpc) is 2.71. The van der Waals surface area contributed by atoms with Crippen molar-refractivity contribution in [1.82, 2.24) is 9.88 Å². The third-order valence-corrected chi connectivity index (χ3v) is 3.76. The first-order valence-corrected chi connectivity index (χ1v) is 6.74. The fraction of sp³-hybridized carbons (Fsp3) is 0.462. The maximum absolute atomic E-state index is 12.2. The van der Waals surface area contributed by atoms with Gasteiger partial charge >= 0.3 is 0 Å². The zero-order valence-electron chi connectivity index (χ0n) is 10.4. The van der Waals surface area contributed by atoms with E-state index in [1.807, 2.05) is 0 Å². The van der Waals surface area contributed by atoms with Crippen LogP contribution in [0.15, 0.2) is 22.8 Å². The van der Waals surface area contributed by atoms with Gasteiger partial charge in [-0.1, -0.05) is 13.8 Å². The van der Waals surface area contributed by atoms with Crippen molar-refractivity contribution in [2.24, 2.45) is 11.8 Å². The summed E-state index contributed by atoms with van der Waals surface area (Å²) in [7, 11) is 0. The van der Waals surface area contributed by atoms with Crippen LogP contribution in [0.1, 0.15) is 30.8 Å². The number of likely N-dealkylation sites (tertiary alicyclic amines) is 1. The standard InChI is InChI=1S/C13H15BrN2O2/c1-8(2)9-5-12(17)16(7-9)13(18)11-4-3-10(14)6-15-11/h3-4,6,8-9H,5,7H2,1-2H3. The third-order valence-electron chi connectivity index (χ3n) is 3.29. The molecular formula is C13H15BrN2O2. The Morgan fingerprint density at radius 2 is 2.22 bits per heavy atom. The maximum Gasteiger partial charge on any atom is 0.279 e. The van der Waals surface area contributed by atoms with Crippen molar-refractivity contribution in [2.75, 3.05) is 6.54 Å². The van der Waals surface area contributed by atoms with Gasteiger partial charge in [0.05, 0.1) is 0 Å². The molecule has 0 spiro atoms. The molecule has 5 heteroatoms. The summed E-state index contributed by atoms with van der Waals surface area (Å²) < 4.78 is 0.812. The maximum atomic E-state index is 12.2. The smallest absolute Gasteiger partial charge is 0.277 e. The number of carbonyl (C=O) groups is 2. The van der Waals surface area contributed by atoms with Crippen LogP contribution >= 0.6 is 15.9 Å². The third kappa shape index (κ3) is 2.61. The van der Waals surface area contributed by atoms with Crippen LogP contribution in [0.2, 0.25) is 0 Å². The minimum absolute atomic E-state index is 0.0941. The van der Waals surface area contributed by atoms with Crippen LogP contribution in [0.5, 0.6) is 0 Å². The molecule has 1 fully saturated rings. The van der Waals surface area contributed by atoms with Gasteiger partial charge in [-0.3, -0.25) is 14.5 Å². The highest BCUT2D eigenvalue weighted by Crippen LogP contribution is 2.25. The number of rotatable bonds is 2. The SMILES string of the molecule is CC(C)C1CC(=O)N(C(=O)c2ccc(Br)cn2)C1. The minimum Gasteiger partial charge on any atom is -0.277 e. The number of hydrogen-bond acceptors (Lipinski definition) is 3. The van der Waals surface area contributed by atoms with Crippen molar-refractivity contribution < 1.29 is 9.59 Å². The van der Waals surface area contributed by atoms with Gasteiger partial charge in [0.2, 0.25) is 5.91 Å². The van der Waals surface area contributed by atoms with Gasteiger partial charge in [-0.2, -0.15) is 0 Å². The molecule has 1 saturated heterocycles. The van der Waals surface area contributed by atoms with Crippen molar-refractivity contribution in [3.05, 3.63) is 28.5 Å². The van der Waals surface area contributed by atoms with E-state index in [4.69, 9.17) is 0 Å². The number of pyridine rings is 1. The Morgan fingerprint density at radius 1 is 1.50 bits per heavy atom. The molecule has 0 radical (unpaired) electrons. The molecule has 1 aromatic heterocycles. The minimum atomic E-state index is -0.296. The summed E-state index contributed by atoms with van der Waals surface area (Å²) in [6.45, 7) is 4.65. The number of hydrogen-bond donors (Lipinski definition) is 0. The van der Waals surface area contributed by atoms with Gasteiger partial charge in [-0.25, -0.2) is 4.98 Å². The molecule has 1 aliphatic heterocycles. The molecule has 0 saturated carbocycles. The number of imide groups is 1. The Morgan fingerprint density at radius 3 is 2.72 bits per heavy atom. The van der Waals surface area contributed by atoms with Gasteiger partial charge < -0.3 is 0 Å². The van der Waals surface area contributed by atoms with Gasteiger partial charge in [-0.05, 0) is 39.9 Å². The zero-order valence-corrected chi connectivity index (χ0v) is 12.0. The van der Waals surface area contributed by atoms with Crippen LogP contribution in [0.3, 0.4) is 0 Å². The summed E-state index contributed by atoms with van der Waals surface area (Å²) in [6.07, 6.45) is 2.02. The molecule has 1 aromatic rings. The van der Waals surface area contributed by atoms with E-state index < -0.39 is 0 Å². The Labute approximate surface area is 115 Å². The van der Waals surface area contributed by atoms with Gasteiger partial charge in [0.1, 0.15) is 5.69 Å². The van der Waals surface area contributed by atoms with Crippen LogP contribution in [-0.2, 0) is 4.79 Å². The van der Waals surface area contributed by atoms with Gasteiger partial charge in [0.15, 0.2) is 0 Å². The summed E-state index contributed by atoms with van der Waals surface area (Å²) in [5.41, 5.74) is 0.316. The molecule has 1 unspecified atom stereocenters. The Kier molecular flexibility index (Phi) is 3.80. The van der Waals surface area contributed by atoms with Gasteiger partial charge in [0, 0.05) is 23.6 Å². The lowest BCUT2D eigenvalue weighted by Crippen LogP contribution is -2.33. The number of carbonyl (C=O) groups excluding carboxylic acids is 2. The topological polar surface area (TPSA) is 50.3 Å². The molecule has 1 aliphatic rings. The second kappa shape index (κ2) is 5.18. The van der Waals surface area contributed by atoms with E-state index in [0.717, 1.165) is 4.47 Å². The second-order valence-corrected chi connectivity index (χ2v) is 5.80. The van der Waals surface area contributed by atoms with Crippen molar-refractivity contribution >= 4 is 27.7 Å². The van der Waals surface area contributed by atoms with E-state index >= 15 is 0 Å². The van der Waals surface area contributed by atoms with Crippen molar-refractivity contribution in [1.29, 1.82) is 0 Å². The Bertz CT molecular complexity index is 470. The zero-order chi connectivity index (χ0) is 13.3. The lowest BCUT2D eigenvalue weighted by atomic mass is 9.95. The predicted molar refractivity (Wildman–Crippen MR) is 70.9 cm³/mol. The number of halogens is 1. The van der Waals surface area contributed by atoms with Crippen molar-refractivity contribution in [3.8, 4) is 0 Å². The highest BCUT2D eigenvalue weighted by atomic mass is 79.9. The monoisotopic (exact) mass is 310 g/mol. The summed E-state index contributed by atoms with van der Waals surface area (Å²) in [5, 5.41) is 0. The van der Waals surface area contributed by atoms with Crippen LogP contribution < -0.4 is 0 Å². The molecule has 0 aliphatic carbocycles. The molecule has 0 N–H and O–H groups in total. The van der Waals surface area contributed by atoms with Gasteiger partial charge in [0.25, 0.3) is 5.91 Å². The molecule has 2 heterocycles. The molecule has 18 heavy (non-hydrogen) atoms. The Hall–Kier alpha value is -1.23. The number of aromatic nitrogens is 1. The summed E-state index contributed by atoms with van der Waals surface area (Å²) >= 11 is 3.26. The molecule has 0 aromatic carbocycles. The van der Waals surface area contributed by atoms with Crippen LogP contribution in [0.25, 0.3) is 0 Å². The molecular weight excluding hydrogens is 296 g/mol. The lowest BCUT2D eigenvalue weighted by molar-refractivity contribution is -0.125. The number of nitrogens with zero attached hydrogens (tertiary/aromatic N) is 2.